The van der Waals surface area contributed by atoms with Gasteiger partial charge in [-0.25, -0.2) is 0 Å². The highest BCUT2D eigenvalue weighted by Crippen LogP contribution is 2.25. The summed E-state index contributed by atoms with van der Waals surface area (Å²) >= 11 is 0. The number of aromatic nitrogens is 4. The Hall–Kier alpha value is -1.93. The van der Waals surface area contributed by atoms with Gasteiger partial charge in [0.25, 0.3) is 0 Å². The number of likely N-dealkylation sites (N-methyl/N-ethyl adjacent to an activating group) is 2. The minimum absolute atomic E-state index is 0.678. The summed E-state index contributed by atoms with van der Waals surface area (Å²) in [7, 11) is 8.20. The second-order valence-corrected chi connectivity index (χ2v) is 6.40. The second kappa shape index (κ2) is 6.67. The third kappa shape index (κ3) is 3.53. The first kappa shape index (κ1) is 15.9. The molecule has 0 spiro atoms. The molecule has 23 heavy (non-hydrogen) atoms. The molecule has 8 nitrogen and oxygen atoms in total. The lowest BCUT2D eigenvalue weighted by Gasteiger charge is -2.33. The SMILES string of the molecule is CN(C)CCNc1nc(N2CCN(C)CC2)c2cnn(C)c2n1. The third-order valence-electron chi connectivity index (χ3n) is 4.22. The average molecular weight is 318 g/mol. The molecule has 0 unspecified atom stereocenters. The van der Waals surface area contributed by atoms with Crippen LogP contribution >= 0.6 is 0 Å². The van der Waals surface area contributed by atoms with E-state index in [2.05, 4.69) is 51.2 Å². The smallest absolute Gasteiger partial charge is 0.226 e. The number of nitrogens with zero attached hydrogens (tertiary/aromatic N) is 7. The second-order valence-electron chi connectivity index (χ2n) is 6.40. The van der Waals surface area contributed by atoms with Gasteiger partial charge in [0.05, 0.1) is 11.6 Å². The van der Waals surface area contributed by atoms with Gasteiger partial charge in [-0.15, -0.1) is 0 Å². The first-order valence-electron chi connectivity index (χ1n) is 8.06. The summed E-state index contributed by atoms with van der Waals surface area (Å²) in [4.78, 5) is 16.2. The van der Waals surface area contributed by atoms with Crippen LogP contribution in [0.2, 0.25) is 0 Å². The van der Waals surface area contributed by atoms with Crippen molar-refractivity contribution >= 4 is 22.8 Å². The quantitative estimate of drug-likeness (QED) is 0.838. The summed E-state index contributed by atoms with van der Waals surface area (Å²) < 4.78 is 1.81. The number of fused-ring (bicyclic) bond motifs is 1. The van der Waals surface area contributed by atoms with Crippen LogP contribution in [0, 0.1) is 0 Å². The van der Waals surface area contributed by atoms with Gasteiger partial charge >= 0.3 is 0 Å². The zero-order valence-electron chi connectivity index (χ0n) is 14.5. The standard InChI is InChI=1S/C15H26N8/c1-20(2)6-5-16-15-18-13-12(11-17-22(13)4)14(19-15)23-9-7-21(3)8-10-23/h11H,5-10H2,1-4H3,(H,16,18,19). The van der Waals surface area contributed by atoms with Gasteiger partial charge in [0.15, 0.2) is 5.65 Å². The Labute approximate surface area is 137 Å². The Kier molecular flexibility index (Phi) is 4.63. The monoisotopic (exact) mass is 318 g/mol. The zero-order chi connectivity index (χ0) is 16.4. The van der Waals surface area contributed by atoms with Gasteiger partial charge in [-0.3, -0.25) is 4.68 Å². The minimum Gasteiger partial charge on any atom is -0.353 e. The summed E-state index contributed by atoms with van der Waals surface area (Å²) in [5.74, 6) is 1.67. The van der Waals surface area contributed by atoms with E-state index in [1.54, 1.807) is 0 Å². The van der Waals surface area contributed by atoms with Crippen LogP contribution in [0.1, 0.15) is 0 Å². The molecule has 1 N–H and O–H groups in total. The minimum atomic E-state index is 0.678. The van der Waals surface area contributed by atoms with Crippen LogP contribution in [-0.2, 0) is 7.05 Å². The van der Waals surface area contributed by atoms with E-state index in [4.69, 9.17) is 4.98 Å². The van der Waals surface area contributed by atoms with Crippen LogP contribution in [0.5, 0.6) is 0 Å². The molecule has 0 aromatic carbocycles. The van der Waals surface area contributed by atoms with Gasteiger partial charge in [0.1, 0.15) is 5.82 Å². The van der Waals surface area contributed by atoms with E-state index in [1.807, 2.05) is 17.9 Å². The van der Waals surface area contributed by atoms with E-state index >= 15 is 0 Å². The van der Waals surface area contributed by atoms with Crippen molar-refractivity contribution in [1.82, 2.24) is 29.5 Å². The van der Waals surface area contributed by atoms with Crippen molar-refractivity contribution in [3.05, 3.63) is 6.20 Å². The Morgan fingerprint density at radius 2 is 1.87 bits per heavy atom. The summed E-state index contributed by atoms with van der Waals surface area (Å²) in [6.45, 7) is 5.82. The van der Waals surface area contributed by atoms with E-state index in [0.717, 1.165) is 56.1 Å². The van der Waals surface area contributed by atoms with Crippen molar-refractivity contribution in [2.75, 3.05) is 70.6 Å². The van der Waals surface area contributed by atoms with Crippen LogP contribution in [-0.4, -0.2) is 90.0 Å². The number of hydrogen-bond acceptors (Lipinski definition) is 7. The van der Waals surface area contributed by atoms with Crippen molar-refractivity contribution < 1.29 is 0 Å². The summed E-state index contributed by atoms with van der Waals surface area (Å²) in [6.07, 6.45) is 1.87. The molecule has 0 atom stereocenters. The van der Waals surface area contributed by atoms with Crippen LogP contribution in [0.3, 0.4) is 0 Å². The highest BCUT2D eigenvalue weighted by molar-refractivity contribution is 5.88. The summed E-state index contributed by atoms with van der Waals surface area (Å²) in [5, 5.41) is 8.71. The van der Waals surface area contributed by atoms with Gasteiger partial charge in [-0.05, 0) is 21.1 Å². The molecular formula is C15H26N8. The Morgan fingerprint density at radius 1 is 1.13 bits per heavy atom. The number of anilines is 2. The number of hydrogen-bond donors (Lipinski definition) is 1. The maximum atomic E-state index is 4.77. The molecule has 2 aromatic rings. The molecule has 0 aliphatic carbocycles. The van der Waals surface area contributed by atoms with Crippen LogP contribution in [0.25, 0.3) is 11.0 Å². The maximum Gasteiger partial charge on any atom is 0.226 e. The van der Waals surface area contributed by atoms with Crippen LogP contribution < -0.4 is 10.2 Å². The molecule has 1 aliphatic rings. The summed E-state index contributed by atoms with van der Waals surface area (Å²) in [5.41, 5.74) is 0.876. The molecule has 3 rings (SSSR count). The molecular weight excluding hydrogens is 292 g/mol. The maximum absolute atomic E-state index is 4.77. The van der Waals surface area contributed by atoms with Gasteiger partial charge in [-0.1, -0.05) is 0 Å². The number of nitrogens with one attached hydrogen (secondary N) is 1. The molecule has 1 saturated heterocycles. The Bertz CT molecular complexity index is 657. The average Bonchev–Trinajstić information content (AvgIpc) is 2.89. The molecule has 0 amide bonds. The van der Waals surface area contributed by atoms with Crippen molar-refractivity contribution in [1.29, 1.82) is 0 Å². The predicted octanol–water partition coefficient (Wildman–Crippen LogP) is 0.0886. The third-order valence-corrected chi connectivity index (χ3v) is 4.22. The molecule has 126 valence electrons. The van der Waals surface area contributed by atoms with E-state index in [1.165, 1.54) is 0 Å². The first-order valence-corrected chi connectivity index (χ1v) is 8.06. The highest BCUT2D eigenvalue weighted by Gasteiger charge is 2.20. The van der Waals surface area contributed by atoms with Crippen LogP contribution in [0.15, 0.2) is 6.20 Å². The van der Waals surface area contributed by atoms with Gasteiger partial charge in [0.2, 0.25) is 5.95 Å². The lowest BCUT2D eigenvalue weighted by Crippen LogP contribution is -2.45. The van der Waals surface area contributed by atoms with Crippen molar-refractivity contribution in [3.63, 3.8) is 0 Å². The molecule has 0 bridgehead atoms. The fourth-order valence-corrected chi connectivity index (χ4v) is 2.74. The van der Waals surface area contributed by atoms with Gasteiger partial charge in [-0.2, -0.15) is 15.1 Å². The van der Waals surface area contributed by atoms with Gasteiger partial charge in [0, 0.05) is 46.3 Å². The Balaban J connectivity index is 1.88. The molecule has 3 heterocycles. The van der Waals surface area contributed by atoms with Crippen LogP contribution in [0.4, 0.5) is 11.8 Å². The molecule has 2 aromatic heterocycles. The molecule has 1 aliphatic heterocycles. The molecule has 1 fully saturated rings. The van der Waals surface area contributed by atoms with E-state index in [9.17, 15) is 0 Å². The topological polar surface area (TPSA) is 65.3 Å². The van der Waals surface area contributed by atoms with E-state index in [0.29, 0.717) is 5.95 Å². The summed E-state index contributed by atoms with van der Waals surface area (Å²) in [6, 6.07) is 0. The zero-order valence-corrected chi connectivity index (χ0v) is 14.5. The normalized spacial score (nSPS) is 16.5. The first-order chi connectivity index (χ1) is 11.0. The lowest BCUT2D eigenvalue weighted by atomic mass is 10.3. The largest absolute Gasteiger partial charge is 0.353 e. The highest BCUT2D eigenvalue weighted by atomic mass is 15.3. The fourth-order valence-electron chi connectivity index (χ4n) is 2.74. The lowest BCUT2D eigenvalue weighted by molar-refractivity contribution is 0.312. The molecule has 0 radical (unpaired) electrons. The number of rotatable bonds is 5. The number of aryl methyl sites for hydroxylation is 1. The van der Waals surface area contributed by atoms with Gasteiger partial charge < -0.3 is 20.0 Å². The van der Waals surface area contributed by atoms with E-state index < -0.39 is 0 Å². The fraction of sp³-hybridized carbons (Fsp3) is 0.667. The van der Waals surface area contributed by atoms with Crippen molar-refractivity contribution in [2.45, 2.75) is 0 Å². The predicted molar refractivity (Wildman–Crippen MR) is 93.1 cm³/mol. The van der Waals surface area contributed by atoms with Crippen molar-refractivity contribution in [2.24, 2.45) is 7.05 Å². The van der Waals surface area contributed by atoms with E-state index in [-0.39, 0.29) is 0 Å². The van der Waals surface area contributed by atoms with Crippen molar-refractivity contribution in [3.8, 4) is 0 Å². The number of piperazine rings is 1. The molecule has 8 heteroatoms. The Morgan fingerprint density at radius 3 is 2.57 bits per heavy atom. The molecule has 0 saturated carbocycles.